The van der Waals surface area contributed by atoms with Crippen LogP contribution in [0.4, 0.5) is 4.39 Å². The summed E-state index contributed by atoms with van der Waals surface area (Å²) in [5.74, 6) is 0.120. The van der Waals surface area contributed by atoms with E-state index < -0.39 is 0 Å². The summed E-state index contributed by atoms with van der Waals surface area (Å²) in [6, 6.07) is 16.9. The normalized spacial score (nSPS) is 12.8. The van der Waals surface area contributed by atoms with Gasteiger partial charge in [0.25, 0.3) is 0 Å². The molecule has 0 saturated heterocycles. The third-order valence-electron chi connectivity index (χ3n) is 3.95. The van der Waals surface area contributed by atoms with Gasteiger partial charge in [-0.3, -0.25) is 4.90 Å². The molecule has 1 unspecified atom stereocenters. The zero-order valence-electron chi connectivity index (χ0n) is 13.2. The van der Waals surface area contributed by atoms with Crippen molar-refractivity contribution in [3.8, 4) is 0 Å². The van der Waals surface area contributed by atoms with Gasteiger partial charge in [-0.25, -0.2) is 4.39 Å². The number of nitrogens with zero attached hydrogens (tertiary/aromatic N) is 1. The molecular formula is C19H24FNO. The summed E-state index contributed by atoms with van der Waals surface area (Å²) in [5, 5.41) is 9.77. The second-order valence-electron chi connectivity index (χ2n) is 6.01. The number of rotatable bonds is 7. The van der Waals surface area contributed by atoms with E-state index in [2.05, 4.69) is 30.9 Å². The maximum atomic E-state index is 13.1. The SMILES string of the molecule is CC(C)C(CO)N(Cc1ccccc1)Cc1ccc(F)cc1. The fraction of sp³-hybridized carbons (Fsp3) is 0.368. The van der Waals surface area contributed by atoms with E-state index >= 15 is 0 Å². The van der Waals surface area contributed by atoms with Crippen LogP contribution in [-0.4, -0.2) is 22.7 Å². The van der Waals surface area contributed by atoms with Gasteiger partial charge < -0.3 is 5.11 Å². The molecule has 22 heavy (non-hydrogen) atoms. The van der Waals surface area contributed by atoms with Gasteiger partial charge in [0.2, 0.25) is 0 Å². The Morgan fingerprint density at radius 2 is 1.45 bits per heavy atom. The Labute approximate surface area is 132 Å². The van der Waals surface area contributed by atoms with Crippen molar-refractivity contribution in [2.45, 2.75) is 33.0 Å². The molecule has 1 N–H and O–H groups in total. The Balaban J connectivity index is 2.18. The standard InChI is InChI=1S/C19H24FNO/c1-15(2)19(14-22)21(12-16-6-4-3-5-7-16)13-17-8-10-18(20)11-9-17/h3-11,15,19,22H,12-14H2,1-2H3. The van der Waals surface area contributed by atoms with Crippen LogP contribution in [0.3, 0.4) is 0 Å². The first kappa shape index (κ1) is 16.7. The molecule has 0 heterocycles. The molecule has 0 amide bonds. The third-order valence-corrected chi connectivity index (χ3v) is 3.95. The highest BCUT2D eigenvalue weighted by Gasteiger charge is 2.21. The molecule has 0 aliphatic carbocycles. The molecule has 0 aliphatic rings. The van der Waals surface area contributed by atoms with Crippen LogP contribution in [0.25, 0.3) is 0 Å². The molecule has 2 aromatic rings. The van der Waals surface area contributed by atoms with Crippen molar-refractivity contribution in [2.75, 3.05) is 6.61 Å². The summed E-state index contributed by atoms with van der Waals surface area (Å²) in [7, 11) is 0. The van der Waals surface area contributed by atoms with Gasteiger partial charge in [0.15, 0.2) is 0 Å². The fourth-order valence-electron chi connectivity index (χ4n) is 2.68. The van der Waals surface area contributed by atoms with Gasteiger partial charge in [0, 0.05) is 19.1 Å². The first-order valence-corrected chi connectivity index (χ1v) is 7.73. The summed E-state index contributed by atoms with van der Waals surface area (Å²) in [5.41, 5.74) is 2.26. The second-order valence-corrected chi connectivity index (χ2v) is 6.01. The van der Waals surface area contributed by atoms with Crippen molar-refractivity contribution in [2.24, 2.45) is 5.92 Å². The van der Waals surface area contributed by atoms with Crippen molar-refractivity contribution < 1.29 is 9.50 Å². The van der Waals surface area contributed by atoms with E-state index in [1.54, 1.807) is 0 Å². The molecule has 0 radical (unpaired) electrons. The lowest BCUT2D eigenvalue weighted by molar-refractivity contribution is 0.0784. The van der Waals surface area contributed by atoms with E-state index in [4.69, 9.17) is 0 Å². The fourth-order valence-corrected chi connectivity index (χ4v) is 2.68. The molecule has 0 aromatic heterocycles. The monoisotopic (exact) mass is 301 g/mol. The molecule has 0 spiro atoms. The van der Waals surface area contributed by atoms with Crippen LogP contribution >= 0.6 is 0 Å². The summed E-state index contributed by atoms with van der Waals surface area (Å²) < 4.78 is 13.1. The first-order valence-electron chi connectivity index (χ1n) is 7.73. The Morgan fingerprint density at radius 1 is 0.909 bits per heavy atom. The van der Waals surface area contributed by atoms with Gasteiger partial charge >= 0.3 is 0 Å². The quantitative estimate of drug-likeness (QED) is 0.840. The average Bonchev–Trinajstić information content (AvgIpc) is 2.51. The highest BCUT2D eigenvalue weighted by atomic mass is 19.1. The molecule has 1 atom stereocenters. The zero-order chi connectivity index (χ0) is 15.9. The van der Waals surface area contributed by atoms with Crippen LogP contribution in [0.2, 0.25) is 0 Å². The van der Waals surface area contributed by atoms with E-state index in [1.165, 1.54) is 17.7 Å². The average molecular weight is 301 g/mol. The molecule has 2 aromatic carbocycles. The Hall–Kier alpha value is -1.71. The van der Waals surface area contributed by atoms with Crippen LogP contribution in [-0.2, 0) is 13.1 Å². The van der Waals surface area contributed by atoms with Crippen molar-refractivity contribution in [3.63, 3.8) is 0 Å². The number of aliphatic hydroxyl groups is 1. The van der Waals surface area contributed by atoms with Crippen LogP contribution in [0.1, 0.15) is 25.0 Å². The predicted molar refractivity (Wildman–Crippen MR) is 87.8 cm³/mol. The smallest absolute Gasteiger partial charge is 0.123 e. The van der Waals surface area contributed by atoms with Crippen molar-refractivity contribution >= 4 is 0 Å². The summed E-state index contributed by atoms with van der Waals surface area (Å²) >= 11 is 0. The Kier molecular flexibility index (Phi) is 6.10. The maximum Gasteiger partial charge on any atom is 0.123 e. The molecule has 0 saturated carbocycles. The van der Waals surface area contributed by atoms with Crippen molar-refractivity contribution in [1.29, 1.82) is 0 Å². The van der Waals surface area contributed by atoms with E-state index in [-0.39, 0.29) is 18.5 Å². The van der Waals surface area contributed by atoms with E-state index in [0.717, 1.165) is 12.1 Å². The molecule has 0 fully saturated rings. The molecule has 0 bridgehead atoms. The zero-order valence-corrected chi connectivity index (χ0v) is 13.2. The minimum absolute atomic E-state index is 0.0743. The predicted octanol–water partition coefficient (Wildman–Crippen LogP) is 3.84. The Morgan fingerprint density at radius 3 is 1.95 bits per heavy atom. The maximum absolute atomic E-state index is 13.1. The first-order chi connectivity index (χ1) is 10.6. The minimum Gasteiger partial charge on any atom is -0.395 e. The number of aliphatic hydroxyl groups excluding tert-OH is 1. The van der Waals surface area contributed by atoms with Crippen LogP contribution in [0.5, 0.6) is 0 Å². The minimum atomic E-state index is -0.221. The lowest BCUT2D eigenvalue weighted by atomic mass is 10.0. The largest absolute Gasteiger partial charge is 0.395 e. The van der Waals surface area contributed by atoms with Crippen molar-refractivity contribution in [1.82, 2.24) is 4.90 Å². The van der Waals surface area contributed by atoms with Crippen LogP contribution < -0.4 is 0 Å². The van der Waals surface area contributed by atoms with Crippen molar-refractivity contribution in [3.05, 3.63) is 71.5 Å². The number of hydrogen-bond acceptors (Lipinski definition) is 2. The van der Waals surface area contributed by atoms with Gasteiger partial charge in [0.05, 0.1) is 6.61 Å². The molecule has 2 nitrogen and oxygen atoms in total. The molecule has 0 aliphatic heterocycles. The number of halogens is 1. The van der Waals surface area contributed by atoms with E-state index in [1.807, 2.05) is 30.3 Å². The Bertz CT molecular complexity index is 553. The molecule has 3 heteroatoms. The molecular weight excluding hydrogens is 277 g/mol. The molecule has 118 valence electrons. The highest BCUT2D eigenvalue weighted by molar-refractivity contribution is 5.18. The van der Waals surface area contributed by atoms with Gasteiger partial charge in [-0.15, -0.1) is 0 Å². The lowest BCUT2D eigenvalue weighted by Crippen LogP contribution is -2.40. The van der Waals surface area contributed by atoms with E-state index in [9.17, 15) is 9.50 Å². The highest BCUT2D eigenvalue weighted by Crippen LogP contribution is 2.18. The van der Waals surface area contributed by atoms with Gasteiger partial charge in [-0.2, -0.15) is 0 Å². The summed E-state index contributed by atoms with van der Waals surface area (Å²) in [6.07, 6.45) is 0. The topological polar surface area (TPSA) is 23.5 Å². The lowest BCUT2D eigenvalue weighted by Gasteiger charge is -2.33. The van der Waals surface area contributed by atoms with Gasteiger partial charge in [-0.05, 0) is 29.2 Å². The van der Waals surface area contributed by atoms with Crippen LogP contribution in [0, 0.1) is 11.7 Å². The van der Waals surface area contributed by atoms with Crippen LogP contribution in [0.15, 0.2) is 54.6 Å². The summed E-state index contributed by atoms with van der Waals surface area (Å²) in [6.45, 7) is 5.80. The second kappa shape index (κ2) is 8.06. The molecule has 2 rings (SSSR count). The summed E-state index contributed by atoms with van der Waals surface area (Å²) in [4.78, 5) is 2.26. The van der Waals surface area contributed by atoms with Gasteiger partial charge in [0.1, 0.15) is 5.82 Å². The third kappa shape index (κ3) is 4.65. The van der Waals surface area contributed by atoms with E-state index in [0.29, 0.717) is 12.5 Å². The van der Waals surface area contributed by atoms with Gasteiger partial charge in [-0.1, -0.05) is 56.3 Å². The number of benzene rings is 2. The number of hydrogen-bond donors (Lipinski definition) is 1.